The SMILES string of the molecule is CC1(C)c2ccccc2-n2c3ccc(-c4ccc5c(c4)c4cccc6c4n5-c4ccccc4C6(C)C)cc3c3cccc1c32.[B]. The van der Waals surface area contributed by atoms with E-state index in [0.29, 0.717) is 0 Å². The molecule has 6 aromatic carbocycles. The van der Waals surface area contributed by atoms with Crippen molar-refractivity contribution in [3.05, 3.63) is 144 Å². The molecule has 0 bridgehead atoms. The van der Waals surface area contributed by atoms with Gasteiger partial charge >= 0.3 is 0 Å². The summed E-state index contributed by atoms with van der Waals surface area (Å²) in [5.74, 6) is 0. The zero-order valence-electron chi connectivity index (χ0n) is 26.0. The average molecular weight is 576 g/mol. The van der Waals surface area contributed by atoms with Crippen LogP contribution in [0.2, 0.25) is 0 Å². The fourth-order valence-electron chi connectivity index (χ4n) is 8.69. The standard InChI is InChI=1S/C42H32N2.B/c1-41(2)31-13-5-7-17-37(31)43-35-21-19-25(23-29(35)27-11-9-15-33(41)39(27)43)26-20-22-36-30(24-26)28-12-10-16-34-40(28)44(36)38-18-8-6-14-32(38)42(34,3)4;/h5-24H,1-4H3;. The number of aromatic nitrogens is 2. The number of hydrogen-bond acceptors (Lipinski definition) is 0. The maximum atomic E-state index is 2.50. The van der Waals surface area contributed by atoms with E-state index in [1.807, 2.05) is 0 Å². The second kappa shape index (κ2) is 8.58. The average Bonchev–Trinajstić information content (AvgIpc) is 3.56. The highest BCUT2D eigenvalue weighted by Crippen LogP contribution is 2.49. The van der Waals surface area contributed by atoms with Crippen LogP contribution >= 0.6 is 0 Å². The summed E-state index contributed by atoms with van der Waals surface area (Å²) in [6.07, 6.45) is 0. The number of benzene rings is 6. The second-order valence-electron chi connectivity index (χ2n) is 13.8. The summed E-state index contributed by atoms with van der Waals surface area (Å²) in [4.78, 5) is 0. The van der Waals surface area contributed by atoms with Gasteiger partial charge in [-0.2, -0.15) is 0 Å². The molecule has 213 valence electrons. The first-order valence-electron chi connectivity index (χ1n) is 15.7. The molecule has 0 aliphatic carbocycles. The third kappa shape index (κ3) is 3.11. The van der Waals surface area contributed by atoms with Gasteiger partial charge in [0.15, 0.2) is 0 Å². The Labute approximate surface area is 265 Å². The largest absolute Gasteiger partial charge is 0.309 e. The minimum atomic E-state index is -0.0572. The summed E-state index contributed by atoms with van der Waals surface area (Å²) >= 11 is 0. The molecular weight excluding hydrogens is 543 g/mol. The summed E-state index contributed by atoms with van der Waals surface area (Å²) in [7, 11) is 0. The lowest BCUT2D eigenvalue weighted by molar-refractivity contribution is 0.630. The van der Waals surface area contributed by atoms with E-state index in [-0.39, 0.29) is 19.2 Å². The van der Waals surface area contributed by atoms with E-state index in [1.165, 1.54) is 88.4 Å². The van der Waals surface area contributed by atoms with E-state index in [0.717, 1.165) is 0 Å². The van der Waals surface area contributed by atoms with Crippen LogP contribution < -0.4 is 0 Å². The van der Waals surface area contributed by atoms with E-state index in [9.17, 15) is 0 Å². The van der Waals surface area contributed by atoms with E-state index in [4.69, 9.17) is 0 Å². The first-order chi connectivity index (χ1) is 21.4. The van der Waals surface area contributed by atoms with E-state index in [2.05, 4.69) is 158 Å². The molecule has 8 aromatic rings. The molecule has 2 nitrogen and oxygen atoms in total. The van der Waals surface area contributed by atoms with Crippen LogP contribution in [-0.4, -0.2) is 17.5 Å². The Morgan fingerprint density at radius 3 is 1.24 bits per heavy atom. The lowest BCUT2D eigenvalue weighted by Gasteiger charge is -2.34. The first kappa shape index (κ1) is 26.4. The molecule has 4 heterocycles. The second-order valence-corrected chi connectivity index (χ2v) is 13.8. The van der Waals surface area contributed by atoms with Gasteiger partial charge in [-0.3, -0.25) is 0 Å². The Bertz CT molecular complexity index is 2380. The summed E-state index contributed by atoms with van der Waals surface area (Å²) < 4.78 is 4.99. The number of nitrogens with zero attached hydrogens (tertiary/aromatic N) is 2. The van der Waals surface area contributed by atoms with Crippen molar-refractivity contribution in [1.29, 1.82) is 0 Å². The topological polar surface area (TPSA) is 9.86 Å². The van der Waals surface area contributed by atoms with Crippen molar-refractivity contribution < 1.29 is 0 Å². The van der Waals surface area contributed by atoms with Gasteiger partial charge in [0.25, 0.3) is 0 Å². The van der Waals surface area contributed by atoms with Crippen LogP contribution in [0.4, 0.5) is 0 Å². The zero-order chi connectivity index (χ0) is 29.5. The minimum absolute atomic E-state index is 0. The van der Waals surface area contributed by atoms with Gasteiger partial charge < -0.3 is 9.13 Å². The highest BCUT2D eigenvalue weighted by molar-refractivity contribution is 6.14. The molecule has 0 amide bonds. The third-order valence-corrected chi connectivity index (χ3v) is 10.9. The molecular formula is C42H32BN2. The summed E-state index contributed by atoms with van der Waals surface area (Å²) in [6.45, 7) is 9.45. The lowest BCUT2D eigenvalue weighted by Crippen LogP contribution is -2.26. The molecule has 0 N–H and O–H groups in total. The Morgan fingerprint density at radius 2 is 0.800 bits per heavy atom. The quantitative estimate of drug-likeness (QED) is 0.172. The molecule has 3 radical (unpaired) electrons. The Hall–Kier alpha value is -5.02. The van der Waals surface area contributed by atoms with Crippen LogP contribution in [0.15, 0.2) is 121 Å². The van der Waals surface area contributed by atoms with Crippen LogP contribution in [0.3, 0.4) is 0 Å². The molecule has 2 aliphatic heterocycles. The molecule has 0 atom stereocenters. The molecule has 2 aromatic heterocycles. The molecule has 0 spiro atoms. The van der Waals surface area contributed by atoms with Gasteiger partial charge in [-0.05, 0) is 69.8 Å². The van der Waals surface area contributed by atoms with Gasteiger partial charge in [0, 0.05) is 40.8 Å². The van der Waals surface area contributed by atoms with E-state index >= 15 is 0 Å². The van der Waals surface area contributed by atoms with Crippen LogP contribution in [0.5, 0.6) is 0 Å². The van der Waals surface area contributed by atoms with Crippen molar-refractivity contribution >= 4 is 52.0 Å². The van der Waals surface area contributed by atoms with Crippen LogP contribution in [-0.2, 0) is 10.8 Å². The maximum absolute atomic E-state index is 2.50. The van der Waals surface area contributed by atoms with Crippen LogP contribution in [0, 0.1) is 0 Å². The third-order valence-electron chi connectivity index (χ3n) is 10.9. The van der Waals surface area contributed by atoms with Crippen molar-refractivity contribution in [2.45, 2.75) is 38.5 Å². The molecule has 0 fully saturated rings. The van der Waals surface area contributed by atoms with Gasteiger partial charge in [-0.25, -0.2) is 0 Å². The van der Waals surface area contributed by atoms with Gasteiger partial charge in [0.1, 0.15) is 0 Å². The highest BCUT2D eigenvalue weighted by Gasteiger charge is 2.36. The summed E-state index contributed by atoms with van der Waals surface area (Å²) in [5, 5.41) is 5.28. The monoisotopic (exact) mass is 575 g/mol. The normalized spacial score (nSPS) is 15.3. The van der Waals surface area contributed by atoms with Gasteiger partial charge in [0.2, 0.25) is 0 Å². The van der Waals surface area contributed by atoms with Crippen molar-refractivity contribution in [3.8, 4) is 22.5 Å². The fraction of sp³-hybridized carbons (Fsp3) is 0.143. The van der Waals surface area contributed by atoms with Gasteiger partial charge in [-0.15, -0.1) is 0 Å². The number of fused-ring (bicyclic) bond motifs is 10. The van der Waals surface area contributed by atoms with Crippen LogP contribution in [0.25, 0.3) is 66.1 Å². The Balaban J connectivity index is 0.00000281. The highest BCUT2D eigenvalue weighted by atomic mass is 15.0. The molecule has 10 rings (SSSR count). The predicted molar refractivity (Wildman–Crippen MR) is 191 cm³/mol. The predicted octanol–water partition coefficient (Wildman–Crippen LogP) is 10.4. The van der Waals surface area contributed by atoms with E-state index < -0.39 is 0 Å². The fourth-order valence-corrected chi connectivity index (χ4v) is 8.69. The van der Waals surface area contributed by atoms with Crippen molar-refractivity contribution in [2.24, 2.45) is 0 Å². The molecule has 0 unspecified atom stereocenters. The van der Waals surface area contributed by atoms with Crippen molar-refractivity contribution in [1.82, 2.24) is 9.13 Å². The lowest BCUT2D eigenvalue weighted by atomic mass is 9.75. The minimum Gasteiger partial charge on any atom is -0.309 e. The molecule has 3 heteroatoms. The summed E-state index contributed by atoms with van der Waals surface area (Å²) in [5.41, 5.74) is 15.7. The van der Waals surface area contributed by atoms with Crippen molar-refractivity contribution in [2.75, 3.05) is 0 Å². The molecule has 0 saturated heterocycles. The molecule has 0 saturated carbocycles. The maximum Gasteiger partial charge on any atom is 0.0582 e. The van der Waals surface area contributed by atoms with Crippen molar-refractivity contribution in [3.63, 3.8) is 0 Å². The Kier molecular flexibility index (Phi) is 5.03. The van der Waals surface area contributed by atoms with Crippen LogP contribution in [0.1, 0.15) is 49.9 Å². The number of para-hydroxylation sites is 4. The molecule has 45 heavy (non-hydrogen) atoms. The number of rotatable bonds is 1. The number of hydrogen-bond donors (Lipinski definition) is 0. The van der Waals surface area contributed by atoms with Gasteiger partial charge in [0.05, 0.1) is 33.4 Å². The zero-order valence-corrected chi connectivity index (χ0v) is 26.0. The summed E-state index contributed by atoms with van der Waals surface area (Å²) in [6, 6.07) is 45.7. The molecule has 2 aliphatic rings. The van der Waals surface area contributed by atoms with E-state index in [1.54, 1.807) is 0 Å². The Morgan fingerprint density at radius 1 is 0.400 bits per heavy atom. The first-order valence-corrected chi connectivity index (χ1v) is 15.7. The van der Waals surface area contributed by atoms with Gasteiger partial charge in [-0.1, -0.05) is 113 Å². The smallest absolute Gasteiger partial charge is 0.0582 e.